The molecule has 2 aromatic heterocycles. The highest BCUT2D eigenvalue weighted by molar-refractivity contribution is 5.41. The Balaban J connectivity index is 1.47. The van der Waals surface area contributed by atoms with Crippen LogP contribution in [0.1, 0.15) is 29.7 Å². The molecule has 0 N–H and O–H groups in total. The molecule has 1 aliphatic rings. The highest BCUT2D eigenvalue weighted by Gasteiger charge is 2.36. The first-order valence-electron chi connectivity index (χ1n) is 10.2. The predicted molar refractivity (Wildman–Crippen MR) is 108 cm³/mol. The Kier molecular flexibility index (Phi) is 5.98. The molecule has 1 fully saturated rings. The van der Waals surface area contributed by atoms with Crippen LogP contribution >= 0.6 is 0 Å². The number of benzene rings is 1. The van der Waals surface area contributed by atoms with E-state index in [1.807, 2.05) is 17.9 Å². The molecule has 0 atom stereocenters. The summed E-state index contributed by atoms with van der Waals surface area (Å²) in [6.07, 6.45) is -7.74. The van der Waals surface area contributed by atoms with Crippen molar-refractivity contribution < 1.29 is 31.1 Å². The van der Waals surface area contributed by atoms with E-state index in [-0.39, 0.29) is 12.0 Å². The zero-order chi connectivity index (χ0) is 23.8. The van der Waals surface area contributed by atoms with E-state index in [1.54, 1.807) is 18.2 Å². The quantitative estimate of drug-likeness (QED) is 0.462. The van der Waals surface area contributed by atoms with Gasteiger partial charge in [-0.2, -0.15) is 31.4 Å². The molecule has 176 valence electrons. The van der Waals surface area contributed by atoms with Crippen LogP contribution in [0.2, 0.25) is 0 Å². The molecule has 5 nitrogen and oxygen atoms in total. The zero-order valence-electron chi connectivity index (χ0n) is 17.5. The smallest absolute Gasteiger partial charge is 0.435 e. The summed E-state index contributed by atoms with van der Waals surface area (Å²) >= 11 is 0. The number of aromatic nitrogens is 3. The fourth-order valence-electron chi connectivity index (χ4n) is 3.65. The Hall–Kier alpha value is -3.24. The average molecular weight is 470 g/mol. The van der Waals surface area contributed by atoms with Crippen molar-refractivity contribution in [1.82, 2.24) is 14.8 Å². The van der Waals surface area contributed by atoms with Crippen molar-refractivity contribution in [1.29, 1.82) is 0 Å². The van der Waals surface area contributed by atoms with Crippen molar-refractivity contribution in [3.63, 3.8) is 0 Å². The Bertz CT molecular complexity index is 1100. The first-order valence-corrected chi connectivity index (χ1v) is 10.2. The normalized spacial score (nSPS) is 15.7. The van der Waals surface area contributed by atoms with Crippen LogP contribution in [0.4, 0.5) is 32.2 Å². The summed E-state index contributed by atoms with van der Waals surface area (Å²) in [5, 5.41) is 3.70. The number of ether oxygens (including phenoxy) is 1. The van der Waals surface area contributed by atoms with E-state index in [4.69, 9.17) is 4.74 Å². The van der Waals surface area contributed by atoms with Gasteiger partial charge in [-0.15, -0.1) is 0 Å². The molecule has 3 aromatic rings. The monoisotopic (exact) mass is 470 g/mol. The molecule has 1 saturated heterocycles. The Morgan fingerprint density at radius 2 is 1.67 bits per heavy atom. The summed E-state index contributed by atoms with van der Waals surface area (Å²) in [6.45, 7) is 2.70. The fraction of sp³-hybridized carbons (Fsp3) is 0.364. The van der Waals surface area contributed by atoms with Gasteiger partial charge >= 0.3 is 12.4 Å². The van der Waals surface area contributed by atoms with Crippen molar-refractivity contribution in [2.24, 2.45) is 0 Å². The lowest BCUT2D eigenvalue weighted by Gasteiger charge is -2.33. The number of rotatable bonds is 4. The highest BCUT2D eigenvalue weighted by Crippen LogP contribution is 2.34. The Morgan fingerprint density at radius 3 is 2.24 bits per heavy atom. The first kappa shape index (κ1) is 22.9. The van der Waals surface area contributed by atoms with E-state index in [1.165, 1.54) is 6.07 Å². The predicted octanol–water partition coefficient (Wildman–Crippen LogP) is 5.66. The summed E-state index contributed by atoms with van der Waals surface area (Å²) in [7, 11) is 0. The summed E-state index contributed by atoms with van der Waals surface area (Å²) in [6, 6.07) is 10.1. The molecule has 0 unspecified atom stereocenters. The molecule has 1 aliphatic heterocycles. The average Bonchev–Trinajstić information content (AvgIpc) is 3.18. The lowest BCUT2D eigenvalue weighted by Crippen LogP contribution is -2.39. The number of aryl methyl sites for hydroxylation is 1. The molecule has 0 saturated carbocycles. The van der Waals surface area contributed by atoms with Crippen molar-refractivity contribution in [3.8, 4) is 11.6 Å². The Morgan fingerprint density at radius 1 is 0.939 bits per heavy atom. The maximum atomic E-state index is 13.3. The first-order chi connectivity index (χ1) is 15.5. The SMILES string of the molecule is Cc1cccc(-n2nc(C(F)(F)F)cc2OC2CCN(c3ccc(C(F)(F)F)cn3)CC2)c1. The number of hydrogen-bond donors (Lipinski definition) is 0. The minimum atomic E-state index is -4.62. The molecule has 0 amide bonds. The standard InChI is InChI=1S/C22H20F6N4O/c1-14-3-2-4-16(11-14)32-20(12-18(30-32)22(26,27)28)33-17-7-9-31(10-8-17)19-6-5-15(13-29-19)21(23,24)25/h2-6,11-13,17H,7-10H2,1H3. The van der Waals surface area contributed by atoms with E-state index in [9.17, 15) is 26.3 Å². The van der Waals surface area contributed by atoms with Gasteiger partial charge in [-0.3, -0.25) is 0 Å². The molecule has 0 aliphatic carbocycles. The molecule has 0 radical (unpaired) electrons. The maximum absolute atomic E-state index is 13.3. The number of piperidine rings is 1. The third kappa shape index (κ3) is 5.23. The maximum Gasteiger partial charge on any atom is 0.435 e. The fourth-order valence-corrected chi connectivity index (χ4v) is 3.65. The van der Waals surface area contributed by atoms with Gasteiger partial charge in [0.15, 0.2) is 5.69 Å². The molecule has 1 aromatic carbocycles. The van der Waals surface area contributed by atoms with Crippen LogP contribution < -0.4 is 9.64 Å². The van der Waals surface area contributed by atoms with E-state index in [2.05, 4.69) is 10.1 Å². The minimum absolute atomic E-state index is 0.0148. The number of anilines is 1. The number of pyridine rings is 1. The van der Waals surface area contributed by atoms with Crippen molar-refractivity contribution in [2.45, 2.75) is 38.2 Å². The summed E-state index contributed by atoms with van der Waals surface area (Å²) in [5.74, 6) is 0.393. The van der Waals surface area contributed by atoms with Gasteiger partial charge in [0.05, 0.1) is 11.3 Å². The summed E-state index contributed by atoms with van der Waals surface area (Å²) in [4.78, 5) is 5.71. The second-order valence-electron chi connectivity index (χ2n) is 7.82. The Labute approximate surface area is 185 Å². The molecule has 0 bridgehead atoms. The molecule has 11 heteroatoms. The molecular weight excluding hydrogens is 450 g/mol. The van der Waals surface area contributed by atoms with E-state index in [0.717, 1.165) is 28.6 Å². The van der Waals surface area contributed by atoms with Crippen LogP contribution in [0.3, 0.4) is 0 Å². The molecule has 3 heterocycles. The van der Waals surface area contributed by atoms with Gasteiger partial charge in [0.2, 0.25) is 5.88 Å². The van der Waals surface area contributed by atoms with Crippen LogP contribution in [0.15, 0.2) is 48.7 Å². The lowest BCUT2D eigenvalue weighted by atomic mass is 10.1. The van der Waals surface area contributed by atoms with E-state index >= 15 is 0 Å². The van der Waals surface area contributed by atoms with Crippen LogP contribution in [0, 0.1) is 6.92 Å². The number of halogens is 6. The number of nitrogens with zero attached hydrogens (tertiary/aromatic N) is 4. The van der Waals surface area contributed by atoms with Gasteiger partial charge in [0.1, 0.15) is 11.9 Å². The summed E-state index contributed by atoms with van der Waals surface area (Å²) < 4.78 is 85.1. The van der Waals surface area contributed by atoms with Gasteiger partial charge in [0, 0.05) is 38.2 Å². The topological polar surface area (TPSA) is 43.2 Å². The van der Waals surface area contributed by atoms with Crippen molar-refractivity contribution in [2.75, 3.05) is 18.0 Å². The van der Waals surface area contributed by atoms with Crippen LogP contribution in [-0.4, -0.2) is 34.0 Å². The van der Waals surface area contributed by atoms with Crippen LogP contribution in [-0.2, 0) is 12.4 Å². The van der Waals surface area contributed by atoms with E-state index in [0.29, 0.717) is 37.4 Å². The largest absolute Gasteiger partial charge is 0.474 e. The van der Waals surface area contributed by atoms with Crippen LogP contribution in [0.5, 0.6) is 5.88 Å². The minimum Gasteiger partial charge on any atom is -0.474 e. The van der Waals surface area contributed by atoms with Gasteiger partial charge in [-0.05, 0) is 36.8 Å². The molecular formula is C22H20F6N4O. The molecule has 4 rings (SSSR count). The van der Waals surface area contributed by atoms with Gasteiger partial charge < -0.3 is 9.64 Å². The zero-order valence-corrected chi connectivity index (χ0v) is 17.5. The van der Waals surface area contributed by atoms with Crippen LogP contribution in [0.25, 0.3) is 5.69 Å². The van der Waals surface area contributed by atoms with Gasteiger partial charge in [0.25, 0.3) is 0 Å². The summed E-state index contributed by atoms with van der Waals surface area (Å²) in [5.41, 5.74) is -0.563. The van der Waals surface area contributed by atoms with Crippen molar-refractivity contribution >= 4 is 5.82 Å². The van der Waals surface area contributed by atoms with E-state index < -0.39 is 23.6 Å². The number of alkyl halides is 6. The molecule has 33 heavy (non-hydrogen) atoms. The second-order valence-corrected chi connectivity index (χ2v) is 7.82. The lowest BCUT2D eigenvalue weighted by molar-refractivity contribution is -0.141. The highest BCUT2D eigenvalue weighted by atomic mass is 19.4. The number of hydrogen-bond acceptors (Lipinski definition) is 4. The third-order valence-corrected chi connectivity index (χ3v) is 5.34. The van der Waals surface area contributed by atoms with Gasteiger partial charge in [-0.25, -0.2) is 9.67 Å². The second kappa shape index (κ2) is 8.60. The van der Waals surface area contributed by atoms with Crippen molar-refractivity contribution in [3.05, 3.63) is 65.5 Å². The molecule has 0 spiro atoms. The van der Waals surface area contributed by atoms with Gasteiger partial charge in [-0.1, -0.05) is 12.1 Å². The third-order valence-electron chi connectivity index (χ3n) is 5.34.